The fourth-order valence-corrected chi connectivity index (χ4v) is 3.86. The molecular weight excluding hydrogens is 374 g/mol. The summed E-state index contributed by atoms with van der Waals surface area (Å²) in [4.78, 5) is 11.6. The Morgan fingerprint density at radius 3 is 2.53 bits per heavy atom. The van der Waals surface area contributed by atoms with Crippen LogP contribution in [0.15, 0.2) is 66.7 Å². The molecule has 0 aliphatic heterocycles. The molecule has 0 saturated carbocycles. The van der Waals surface area contributed by atoms with Gasteiger partial charge in [0.25, 0.3) is 0 Å². The Hall–Kier alpha value is -3.53. The Morgan fingerprint density at radius 2 is 1.77 bits per heavy atom. The predicted molar refractivity (Wildman–Crippen MR) is 119 cm³/mol. The van der Waals surface area contributed by atoms with Crippen molar-refractivity contribution in [2.75, 3.05) is 7.11 Å². The molecule has 0 atom stereocenters. The molecule has 4 nitrogen and oxygen atoms in total. The van der Waals surface area contributed by atoms with E-state index in [9.17, 15) is 4.79 Å². The Balaban J connectivity index is 1.57. The first-order valence-corrected chi connectivity index (χ1v) is 10.1. The number of carbonyl (C=O) groups excluding carboxylic acids is 1. The first kappa shape index (κ1) is 19.8. The van der Waals surface area contributed by atoms with Crippen LogP contribution in [-0.4, -0.2) is 13.0 Å². The highest BCUT2D eigenvalue weighted by Crippen LogP contribution is 2.35. The minimum Gasteiger partial charge on any atom is -0.497 e. The molecule has 30 heavy (non-hydrogen) atoms. The summed E-state index contributed by atoms with van der Waals surface area (Å²) in [6.45, 7) is 0.559. The molecule has 1 aliphatic rings. The molecule has 152 valence electrons. The maximum atomic E-state index is 11.6. The summed E-state index contributed by atoms with van der Waals surface area (Å²) < 4.78 is 11.3. The van der Waals surface area contributed by atoms with Crippen LogP contribution in [-0.2, 0) is 24.2 Å². The number of hydrogen-bond donors (Lipinski definition) is 1. The topological polar surface area (TPSA) is 61.6 Å². The quantitative estimate of drug-likeness (QED) is 0.621. The van der Waals surface area contributed by atoms with Gasteiger partial charge in [-0.1, -0.05) is 48.5 Å². The molecule has 0 radical (unpaired) electrons. The number of ether oxygens (including phenoxy) is 2. The number of amides is 1. The van der Waals surface area contributed by atoms with Gasteiger partial charge in [-0.3, -0.25) is 4.79 Å². The van der Waals surface area contributed by atoms with Crippen LogP contribution in [0.2, 0.25) is 0 Å². The molecule has 0 bridgehead atoms. The van der Waals surface area contributed by atoms with E-state index in [1.165, 1.54) is 16.7 Å². The number of primary amides is 1. The molecule has 0 heterocycles. The zero-order valence-electron chi connectivity index (χ0n) is 17.1. The molecule has 0 saturated heterocycles. The van der Waals surface area contributed by atoms with Gasteiger partial charge in [-0.2, -0.15) is 0 Å². The Labute approximate surface area is 176 Å². The Morgan fingerprint density at radius 1 is 0.967 bits per heavy atom. The second-order valence-electron chi connectivity index (χ2n) is 7.47. The molecule has 4 heteroatoms. The van der Waals surface area contributed by atoms with Crippen LogP contribution in [0.3, 0.4) is 0 Å². The van der Waals surface area contributed by atoms with Crippen LogP contribution in [0.5, 0.6) is 11.5 Å². The first-order chi connectivity index (χ1) is 14.6. The van der Waals surface area contributed by atoms with Crippen molar-refractivity contribution in [3.8, 4) is 11.5 Å². The van der Waals surface area contributed by atoms with Gasteiger partial charge in [-0.05, 0) is 70.5 Å². The van der Waals surface area contributed by atoms with Gasteiger partial charge >= 0.3 is 0 Å². The molecule has 3 aromatic rings. The molecule has 2 N–H and O–H groups in total. The molecular formula is C26H25NO3. The summed E-state index contributed by atoms with van der Waals surface area (Å²) in [6, 6.07) is 22.3. The highest BCUT2D eigenvalue weighted by molar-refractivity contribution is 5.88. The van der Waals surface area contributed by atoms with Crippen LogP contribution in [0, 0.1) is 0 Å². The highest BCUT2D eigenvalue weighted by Gasteiger charge is 2.17. The van der Waals surface area contributed by atoms with E-state index in [1.807, 2.05) is 42.5 Å². The van der Waals surface area contributed by atoms with Gasteiger partial charge < -0.3 is 15.2 Å². The van der Waals surface area contributed by atoms with Gasteiger partial charge in [0.15, 0.2) is 0 Å². The third kappa shape index (κ3) is 4.54. The lowest BCUT2D eigenvalue weighted by Crippen LogP contribution is -2.15. The van der Waals surface area contributed by atoms with E-state index in [0.29, 0.717) is 6.61 Å². The third-order valence-corrected chi connectivity index (χ3v) is 5.38. The van der Waals surface area contributed by atoms with E-state index in [4.69, 9.17) is 15.2 Å². The highest BCUT2D eigenvalue weighted by atomic mass is 16.5. The zero-order valence-corrected chi connectivity index (χ0v) is 17.1. The number of benzene rings is 3. The number of rotatable bonds is 7. The van der Waals surface area contributed by atoms with Gasteiger partial charge in [-0.15, -0.1) is 0 Å². The third-order valence-electron chi connectivity index (χ3n) is 5.38. The van der Waals surface area contributed by atoms with Crippen molar-refractivity contribution in [2.24, 2.45) is 5.73 Å². The molecule has 0 spiro atoms. The summed E-state index contributed by atoms with van der Waals surface area (Å²) in [6.07, 6.45) is 4.22. The second kappa shape index (κ2) is 8.87. The molecule has 0 aromatic heterocycles. The van der Waals surface area contributed by atoms with Crippen molar-refractivity contribution in [3.05, 3.63) is 94.5 Å². The average molecular weight is 399 g/mol. The van der Waals surface area contributed by atoms with E-state index in [1.54, 1.807) is 7.11 Å². The SMILES string of the molecule is COc1ccc(C2=Cc3ccc(OCc4ccccc4)cc3CC2)c(CC(N)=O)c1. The van der Waals surface area contributed by atoms with Crippen molar-refractivity contribution in [1.82, 2.24) is 0 Å². The van der Waals surface area contributed by atoms with Crippen molar-refractivity contribution in [2.45, 2.75) is 25.9 Å². The van der Waals surface area contributed by atoms with Gasteiger partial charge in [0.05, 0.1) is 13.5 Å². The van der Waals surface area contributed by atoms with Crippen LogP contribution in [0.1, 0.15) is 34.2 Å². The van der Waals surface area contributed by atoms with Gasteiger partial charge in [0, 0.05) is 0 Å². The summed E-state index contributed by atoms with van der Waals surface area (Å²) in [7, 11) is 1.62. The fourth-order valence-electron chi connectivity index (χ4n) is 3.86. The number of aryl methyl sites for hydroxylation is 1. The van der Waals surface area contributed by atoms with Crippen molar-refractivity contribution in [3.63, 3.8) is 0 Å². The van der Waals surface area contributed by atoms with E-state index in [2.05, 4.69) is 30.3 Å². The molecule has 4 rings (SSSR count). The molecule has 1 aliphatic carbocycles. The van der Waals surface area contributed by atoms with Crippen LogP contribution < -0.4 is 15.2 Å². The monoisotopic (exact) mass is 399 g/mol. The maximum Gasteiger partial charge on any atom is 0.221 e. The molecule has 0 fully saturated rings. The standard InChI is InChI=1S/C26H25NO3/c1-29-23-11-12-25(22(15-23)16-26(27)28)21-8-7-20-14-24(10-9-19(20)13-21)30-17-18-5-3-2-4-6-18/h2-6,9-15H,7-8,16-17H2,1H3,(H2,27,28). The zero-order chi connectivity index (χ0) is 20.9. The van der Waals surface area contributed by atoms with Crippen LogP contribution in [0.4, 0.5) is 0 Å². The Kier molecular flexibility index (Phi) is 5.84. The summed E-state index contributed by atoms with van der Waals surface area (Å²) >= 11 is 0. The van der Waals surface area contributed by atoms with E-state index in [-0.39, 0.29) is 12.3 Å². The van der Waals surface area contributed by atoms with Gasteiger partial charge in [0.2, 0.25) is 5.91 Å². The van der Waals surface area contributed by atoms with E-state index >= 15 is 0 Å². The minimum atomic E-state index is -0.346. The normalized spacial score (nSPS) is 12.6. The molecule has 1 amide bonds. The van der Waals surface area contributed by atoms with Crippen molar-refractivity contribution < 1.29 is 14.3 Å². The largest absolute Gasteiger partial charge is 0.497 e. The van der Waals surface area contributed by atoms with Gasteiger partial charge in [0.1, 0.15) is 18.1 Å². The van der Waals surface area contributed by atoms with Crippen molar-refractivity contribution >= 4 is 17.6 Å². The second-order valence-corrected chi connectivity index (χ2v) is 7.47. The smallest absolute Gasteiger partial charge is 0.221 e. The number of carbonyl (C=O) groups is 1. The Bertz CT molecular complexity index is 1090. The molecule has 3 aromatic carbocycles. The first-order valence-electron chi connectivity index (χ1n) is 10.1. The maximum absolute atomic E-state index is 11.6. The fraction of sp³-hybridized carbons (Fsp3) is 0.192. The van der Waals surface area contributed by atoms with E-state index in [0.717, 1.165) is 41.0 Å². The lowest BCUT2D eigenvalue weighted by molar-refractivity contribution is -0.117. The summed E-state index contributed by atoms with van der Waals surface area (Å²) in [5.74, 6) is 1.27. The van der Waals surface area contributed by atoms with Crippen LogP contribution >= 0.6 is 0 Å². The lowest BCUT2D eigenvalue weighted by atomic mass is 9.86. The van der Waals surface area contributed by atoms with Crippen molar-refractivity contribution in [1.29, 1.82) is 0 Å². The number of allylic oxidation sites excluding steroid dienone is 1. The lowest BCUT2D eigenvalue weighted by Gasteiger charge is -2.20. The van der Waals surface area contributed by atoms with E-state index < -0.39 is 0 Å². The van der Waals surface area contributed by atoms with Crippen LogP contribution in [0.25, 0.3) is 11.6 Å². The minimum absolute atomic E-state index is 0.197. The predicted octanol–water partition coefficient (Wildman–Crippen LogP) is 4.79. The summed E-state index contributed by atoms with van der Waals surface area (Å²) in [5, 5.41) is 0. The number of methoxy groups -OCH3 is 1. The number of fused-ring (bicyclic) bond motifs is 1. The number of nitrogens with two attached hydrogens (primary N) is 1. The average Bonchev–Trinajstić information content (AvgIpc) is 2.77. The number of hydrogen-bond acceptors (Lipinski definition) is 3. The van der Waals surface area contributed by atoms with Gasteiger partial charge in [-0.25, -0.2) is 0 Å². The molecule has 0 unspecified atom stereocenters. The summed E-state index contributed by atoms with van der Waals surface area (Å²) in [5.41, 5.74) is 12.2.